The van der Waals surface area contributed by atoms with Crippen molar-refractivity contribution in [3.05, 3.63) is 48.6 Å². The first-order valence-corrected chi connectivity index (χ1v) is 30.0. The van der Waals surface area contributed by atoms with E-state index in [1.54, 1.807) is 0 Å². The van der Waals surface area contributed by atoms with E-state index in [1.807, 2.05) is 0 Å². The van der Waals surface area contributed by atoms with Crippen LogP contribution in [0, 0.1) is 0 Å². The van der Waals surface area contributed by atoms with Crippen molar-refractivity contribution in [2.24, 2.45) is 0 Å². The summed E-state index contributed by atoms with van der Waals surface area (Å²) in [5, 5.41) is 76.1. The molecule has 11 nitrogen and oxygen atoms in total. The lowest BCUT2D eigenvalue weighted by Gasteiger charge is -2.40. The number of amides is 1. The number of nitrogens with one attached hydrogen (secondary N) is 1. The van der Waals surface area contributed by atoms with Crippen LogP contribution in [0.1, 0.15) is 264 Å². The molecule has 1 fully saturated rings. The van der Waals surface area contributed by atoms with Crippen LogP contribution in [-0.4, -0.2) is 110 Å². The molecule has 1 heterocycles. The lowest BCUT2D eigenvalue weighted by atomic mass is 9.98. The van der Waals surface area contributed by atoms with Crippen molar-refractivity contribution in [1.29, 1.82) is 0 Å². The van der Waals surface area contributed by atoms with Crippen molar-refractivity contribution < 1.29 is 50.0 Å². The average molecular weight is 1020 g/mol. The van der Waals surface area contributed by atoms with Crippen molar-refractivity contribution in [1.82, 2.24) is 5.32 Å². The van der Waals surface area contributed by atoms with Gasteiger partial charge in [0.25, 0.3) is 0 Å². The number of unbranched alkanes of at least 4 members (excludes halogenated alkanes) is 31. The number of hydrogen-bond donors (Lipinski definition) is 8. The molecule has 9 atom stereocenters. The largest absolute Gasteiger partial charge is 0.394 e. The van der Waals surface area contributed by atoms with E-state index in [4.69, 9.17) is 9.47 Å². The average Bonchev–Trinajstić information content (AvgIpc) is 3.38. The highest BCUT2D eigenvalue weighted by Crippen LogP contribution is 2.23. The second-order valence-corrected chi connectivity index (χ2v) is 21.0. The first kappa shape index (κ1) is 68.1. The van der Waals surface area contributed by atoms with E-state index in [0.29, 0.717) is 19.3 Å². The molecule has 0 radical (unpaired) electrons. The Bertz CT molecular complexity index is 1310. The number of carbonyl (C=O) groups excluding carboxylic acids is 1. The van der Waals surface area contributed by atoms with Crippen LogP contribution in [0.2, 0.25) is 0 Å². The van der Waals surface area contributed by atoms with Crippen molar-refractivity contribution in [3.63, 3.8) is 0 Å². The number of allylic oxidation sites excluding steroid dienone is 8. The van der Waals surface area contributed by atoms with Gasteiger partial charge in [0.15, 0.2) is 6.29 Å². The summed E-state index contributed by atoms with van der Waals surface area (Å²) < 4.78 is 11.1. The molecule has 1 rings (SSSR count). The number of carbonyl (C=O) groups is 1. The molecule has 1 aliphatic heterocycles. The lowest BCUT2D eigenvalue weighted by Crippen LogP contribution is -2.60. The number of aliphatic hydroxyl groups excluding tert-OH is 7. The molecule has 0 aliphatic carbocycles. The second kappa shape index (κ2) is 49.9. The lowest BCUT2D eigenvalue weighted by molar-refractivity contribution is -0.303. The van der Waals surface area contributed by atoms with Gasteiger partial charge >= 0.3 is 0 Å². The van der Waals surface area contributed by atoms with Crippen LogP contribution in [0.4, 0.5) is 0 Å². The molecule has 0 spiro atoms. The quantitative estimate of drug-likeness (QED) is 0.0215. The summed E-state index contributed by atoms with van der Waals surface area (Å²) in [7, 11) is 0. The van der Waals surface area contributed by atoms with E-state index >= 15 is 0 Å². The third-order valence-corrected chi connectivity index (χ3v) is 14.3. The van der Waals surface area contributed by atoms with Gasteiger partial charge < -0.3 is 50.5 Å². The van der Waals surface area contributed by atoms with Gasteiger partial charge in [-0.05, 0) is 89.9 Å². The summed E-state index contributed by atoms with van der Waals surface area (Å²) in [5.41, 5.74) is 0. The van der Waals surface area contributed by atoms with Crippen LogP contribution in [0.15, 0.2) is 48.6 Å². The summed E-state index contributed by atoms with van der Waals surface area (Å²) >= 11 is 0. The van der Waals surface area contributed by atoms with E-state index in [9.17, 15) is 40.5 Å². The van der Waals surface area contributed by atoms with E-state index in [1.165, 1.54) is 173 Å². The molecule has 11 heteroatoms. The Kier molecular flexibility index (Phi) is 47.2. The van der Waals surface area contributed by atoms with E-state index in [0.717, 1.165) is 44.9 Å². The molecule has 0 aromatic rings. The SMILES string of the molecule is CCCCCC/C=C/CC/C=C/CC/C=C/CCCC(O)C(O)C(COC1OC(CO)C(O)C(O)C1O)NC(=O)C(O)CCCCCCCCCCCCCC/C=C\CCCCCCCCCCCCCC. The summed E-state index contributed by atoms with van der Waals surface area (Å²) in [6.07, 6.45) is 51.7. The zero-order chi connectivity index (χ0) is 52.5. The Morgan fingerprint density at radius 2 is 0.833 bits per heavy atom. The normalized spacial score (nSPS) is 20.4. The number of aliphatic hydroxyl groups is 7. The first-order chi connectivity index (χ1) is 35.2. The Morgan fingerprint density at radius 3 is 1.25 bits per heavy atom. The van der Waals surface area contributed by atoms with Crippen LogP contribution >= 0.6 is 0 Å². The molecule has 1 amide bonds. The number of ether oxygens (including phenoxy) is 2. The molecular weight excluding hydrogens is 907 g/mol. The van der Waals surface area contributed by atoms with Crippen LogP contribution in [0.3, 0.4) is 0 Å². The summed E-state index contributed by atoms with van der Waals surface area (Å²) in [6.45, 7) is 3.43. The predicted molar refractivity (Wildman–Crippen MR) is 298 cm³/mol. The topological polar surface area (TPSA) is 189 Å². The van der Waals surface area contributed by atoms with Gasteiger partial charge in [0, 0.05) is 0 Å². The molecule has 0 aromatic carbocycles. The van der Waals surface area contributed by atoms with Gasteiger partial charge in [0.2, 0.25) is 5.91 Å². The van der Waals surface area contributed by atoms with Crippen molar-refractivity contribution in [2.45, 2.75) is 319 Å². The molecule has 9 unspecified atom stereocenters. The van der Waals surface area contributed by atoms with Crippen LogP contribution in [0.5, 0.6) is 0 Å². The van der Waals surface area contributed by atoms with Gasteiger partial charge in [0.05, 0.1) is 25.4 Å². The zero-order valence-corrected chi connectivity index (χ0v) is 46.2. The predicted octanol–water partition coefficient (Wildman–Crippen LogP) is 12.8. The monoisotopic (exact) mass is 1020 g/mol. The molecule has 1 aliphatic rings. The maximum atomic E-state index is 13.2. The maximum Gasteiger partial charge on any atom is 0.249 e. The standard InChI is InChI=1S/C61H113NO10/c1-3-5-7-9-11-13-15-17-19-21-22-23-24-25-26-27-28-29-30-31-33-35-37-39-41-43-45-47-49-54(65)60(70)62-52(51-71-61-59(69)58(68)57(67)55(50-63)72-61)56(66)53(64)48-46-44-42-40-38-36-34-32-20-18-16-14-12-10-8-6-4-2/h14,16,25-26,32,34,40,42,52-59,61,63-69H,3-13,15,17-24,27-31,33,35-39,41,43-51H2,1-2H3,(H,62,70)/b16-14+,26-25-,34-32+,42-40+. The molecule has 422 valence electrons. The van der Waals surface area contributed by atoms with Crippen molar-refractivity contribution >= 4 is 5.91 Å². The Labute approximate surface area is 440 Å². The molecule has 0 aromatic heterocycles. The summed E-state index contributed by atoms with van der Waals surface area (Å²) in [6, 6.07) is -1.20. The molecule has 8 N–H and O–H groups in total. The minimum atomic E-state index is -1.67. The van der Waals surface area contributed by atoms with Crippen LogP contribution < -0.4 is 5.32 Å². The van der Waals surface area contributed by atoms with Gasteiger partial charge in [-0.1, -0.05) is 223 Å². The minimum Gasteiger partial charge on any atom is -0.394 e. The van der Waals surface area contributed by atoms with Gasteiger partial charge in [0.1, 0.15) is 36.6 Å². The van der Waals surface area contributed by atoms with E-state index < -0.39 is 74.2 Å². The Morgan fingerprint density at radius 1 is 0.472 bits per heavy atom. The molecule has 0 bridgehead atoms. The zero-order valence-electron chi connectivity index (χ0n) is 46.2. The summed E-state index contributed by atoms with van der Waals surface area (Å²) in [5.74, 6) is -0.712. The number of hydrogen-bond acceptors (Lipinski definition) is 10. The Hall–Kier alpha value is -1.93. The Balaban J connectivity index is 2.28. The highest BCUT2D eigenvalue weighted by atomic mass is 16.7. The fraction of sp³-hybridized carbons (Fsp3) is 0.852. The number of rotatable bonds is 51. The fourth-order valence-corrected chi connectivity index (χ4v) is 9.41. The highest BCUT2D eigenvalue weighted by molar-refractivity contribution is 5.80. The van der Waals surface area contributed by atoms with Crippen molar-refractivity contribution in [3.8, 4) is 0 Å². The van der Waals surface area contributed by atoms with Crippen molar-refractivity contribution in [2.75, 3.05) is 13.2 Å². The molecule has 0 saturated carbocycles. The molecule has 1 saturated heterocycles. The highest BCUT2D eigenvalue weighted by Gasteiger charge is 2.44. The van der Waals surface area contributed by atoms with E-state index in [2.05, 4.69) is 67.8 Å². The third-order valence-electron chi connectivity index (χ3n) is 14.3. The van der Waals surface area contributed by atoms with Crippen LogP contribution in [0.25, 0.3) is 0 Å². The van der Waals surface area contributed by atoms with Gasteiger partial charge in [-0.25, -0.2) is 0 Å². The van der Waals surface area contributed by atoms with E-state index in [-0.39, 0.29) is 12.8 Å². The minimum absolute atomic E-state index is 0.240. The smallest absolute Gasteiger partial charge is 0.249 e. The van der Waals surface area contributed by atoms with Gasteiger partial charge in [-0.2, -0.15) is 0 Å². The fourth-order valence-electron chi connectivity index (χ4n) is 9.41. The van der Waals surface area contributed by atoms with Gasteiger partial charge in [-0.3, -0.25) is 4.79 Å². The third kappa shape index (κ3) is 37.7. The molecule has 72 heavy (non-hydrogen) atoms. The first-order valence-electron chi connectivity index (χ1n) is 30.0. The second-order valence-electron chi connectivity index (χ2n) is 21.0. The summed E-state index contributed by atoms with van der Waals surface area (Å²) in [4.78, 5) is 13.2. The molecular formula is C61H113NO10. The van der Waals surface area contributed by atoms with Gasteiger partial charge in [-0.15, -0.1) is 0 Å². The maximum absolute atomic E-state index is 13.2. The van der Waals surface area contributed by atoms with Crippen LogP contribution in [-0.2, 0) is 14.3 Å².